The van der Waals surface area contributed by atoms with Crippen molar-refractivity contribution >= 4 is 39.6 Å². The molecule has 3 aromatic rings. The first-order chi connectivity index (χ1) is 15.8. The van der Waals surface area contributed by atoms with Gasteiger partial charge in [-0.3, -0.25) is 9.59 Å². The second-order valence-electron chi connectivity index (χ2n) is 8.17. The predicted octanol–water partition coefficient (Wildman–Crippen LogP) is 2.18. The highest BCUT2D eigenvalue weighted by Gasteiger charge is 2.25. The second-order valence-corrected chi connectivity index (χ2v) is 8.17. The van der Waals surface area contributed by atoms with E-state index in [1.807, 2.05) is 45.0 Å². The third-order valence-electron chi connectivity index (χ3n) is 5.11. The lowest BCUT2D eigenvalue weighted by molar-refractivity contribution is -0.143. The zero-order valence-electron chi connectivity index (χ0n) is 19.5. The van der Waals surface area contributed by atoms with E-state index in [9.17, 15) is 9.59 Å². The number of pyridine rings is 1. The lowest BCUT2D eigenvalue weighted by Gasteiger charge is -2.27. The summed E-state index contributed by atoms with van der Waals surface area (Å²) in [7, 11) is 1.24. The molecular formula is C23H31N5O5. The van der Waals surface area contributed by atoms with Crippen LogP contribution in [0.3, 0.4) is 0 Å². The Bertz CT molecular complexity index is 1140. The molecule has 3 N–H and O–H groups in total. The second kappa shape index (κ2) is 10.6. The van der Waals surface area contributed by atoms with Gasteiger partial charge in [0.25, 0.3) is 0 Å². The Morgan fingerprint density at radius 3 is 2.70 bits per heavy atom. The number of ether oxygens (including phenoxy) is 3. The van der Waals surface area contributed by atoms with Crippen molar-refractivity contribution in [2.75, 3.05) is 32.6 Å². The average molecular weight is 458 g/mol. The summed E-state index contributed by atoms with van der Waals surface area (Å²) in [4.78, 5) is 32.1. The van der Waals surface area contributed by atoms with Crippen LogP contribution in [0.1, 0.15) is 33.0 Å². The van der Waals surface area contributed by atoms with Gasteiger partial charge in [-0.2, -0.15) is 0 Å². The Morgan fingerprint density at radius 2 is 1.97 bits per heavy atom. The van der Waals surface area contributed by atoms with Crippen molar-refractivity contribution in [3.8, 4) is 0 Å². The fraction of sp³-hybridized carbons (Fsp3) is 0.478. The van der Waals surface area contributed by atoms with Gasteiger partial charge in [-0.15, -0.1) is 0 Å². The molecule has 0 radical (unpaired) electrons. The summed E-state index contributed by atoms with van der Waals surface area (Å²) in [5.41, 5.74) is 7.95. The molecule has 0 saturated heterocycles. The van der Waals surface area contributed by atoms with Crippen LogP contribution >= 0.6 is 0 Å². The lowest BCUT2D eigenvalue weighted by Crippen LogP contribution is -2.36. The maximum Gasteiger partial charge on any atom is 0.315 e. The lowest BCUT2D eigenvalue weighted by atomic mass is 10.1. The Balaban J connectivity index is 1.81. The van der Waals surface area contributed by atoms with Gasteiger partial charge in [0.05, 0.1) is 36.9 Å². The summed E-state index contributed by atoms with van der Waals surface area (Å²) in [6.07, 6.45) is -0.315. The van der Waals surface area contributed by atoms with Crippen LogP contribution in [0.4, 0.5) is 5.82 Å². The first-order valence-electron chi connectivity index (χ1n) is 10.8. The normalized spacial score (nSPS) is 11.8. The summed E-state index contributed by atoms with van der Waals surface area (Å²) in [5.74, 6) is 0.118. The molecule has 0 atom stereocenters. The number of hydrogen-bond donors (Lipinski definition) is 2. The first kappa shape index (κ1) is 24.4. The average Bonchev–Trinajstić information content (AvgIpc) is 3.13. The van der Waals surface area contributed by atoms with Crippen molar-refractivity contribution in [1.82, 2.24) is 19.9 Å². The molecular weight excluding hydrogens is 426 g/mol. The van der Waals surface area contributed by atoms with E-state index in [0.29, 0.717) is 31.1 Å². The molecule has 0 bridgehead atoms. The van der Waals surface area contributed by atoms with Crippen LogP contribution in [0.2, 0.25) is 0 Å². The van der Waals surface area contributed by atoms with Gasteiger partial charge >= 0.3 is 5.97 Å². The Labute approximate surface area is 192 Å². The Hall–Kier alpha value is -3.24. The molecule has 0 spiro atoms. The van der Waals surface area contributed by atoms with E-state index in [-0.39, 0.29) is 19.6 Å². The first-order valence-corrected chi connectivity index (χ1v) is 10.8. The van der Waals surface area contributed by atoms with Crippen molar-refractivity contribution in [2.24, 2.45) is 0 Å². The zero-order chi connectivity index (χ0) is 24.0. The smallest absolute Gasteiger partial charge is 0.315 e. The molecule has 2 aromatic heterocycles. The molecule has 2 heterocycles. The summed E-state index contributed by atoms with van der Waals surface area (Å²) < 4.78 is 18.3. The molecule has 1 aromatic carbocycles. The van der Waals surface area contributed by atoms with Gasteiger partial charge in [-0.25, -0.2) is 9.97 Å². The molecule has 178 valence electrons. The maximum atomic E-state index is 11.7. The number of benzene rings is 1. The van der Waals surface area contributed by atoms with Gasteiger partial charge < -0.3 is 29.8 Å². The van der Waals surface area contributed by atoms with E-state index in [0.717, 1.165) is 22.2 Å². The van der Waals surface area contributed by atoms with Gasteiger partial charge in [0.15, 0.2) is 5.82 Å². The number of esters is 1. The quantitative estimate of drug-likeness (QED) is 0.254. The van der Waals surface area contributed by atoms with Gasteiger partial charge in [0.2, 0.25) is 5.91 Å². The topological polar surface area (TPSA) is 131 Å². The molecule has 10 nitrogen and oxygen atoms in total. The van der Waals surface area contributed by atoms with Crippen LogP contribution in [0.25, 0.3) is 21.9 Å². The molecule has 10 heteroatoms. The highest BCUT2D eigenvalue weighted by molar-refractivity contribution is 6.06. The van der Waals surface area contributed by atoms with Crippen molar-refractivity contribution in [2.45, 2.75) is 45.9 Å². The molecule has 3 rings (SSSR count). The standard InChI is InChI=1S/C23H31N5O5/c1-5-32-13-17-27-20-21(15-8-6-7-9-16(15)26-22(20)24)28(17)14-23(2,3)33-11-10-25-18(29)12-19(30)31-4/h6-9H,5,10-14H2,1-4H3,(H2,24,26)(H,25,29). The molecule has 0 aliphatic rings. The summed E-state index contributed by atoms with van der Waals surface area (Å²) >= 11 is 0. The largest absolute Gasteiger partial charge is 0.469 e. The highest BCUT2D eigenvalue weighted by Crippen LogP contribution is 2.30. The van der Waals surface area contributed by atoms with Crippen LogP contribution in [0.15, 0.2) is 24.3 Å². The van der Waals surface area contributed by atoms with Crippen molar-refractivity contribution in [1.29, 1.82) is 0 Å². The fourth-order valence-corrected chi connectivity index (χ4v) is 3.59. The number of nitrogen functional groups attached to an aromatic ring is 1. The van der Waals surface area contributed by atoms with E-state index in [1.165, 1.54) is 7.11 Å². The number of anilines is 1. The summed E-state index contributed by atoms with van der Waals surface area (Å²) in [6.45, 7) is 7.78. The van der Waals surface area contributed by atoms with Gasteiger partial charge in [0.1, 0.15) is 24.4 Å². The highest BCUT2D eigenvalue weighted by atomic mass is 16.5. The summed E-state index contributed by atoms with van der Waals surface area (Å²) in [6, 6.07) is 7.79. The number of para-hydroxylation sites is 1. The molecule has 0 fully saturated rings. The number of nitrogens with one attached hydrogen (secondary N) is 1. The number of hydrogen-bond acceptors (Lipinski definition) is 8. The van der Waals surface area contributed by atoms with Crippen LogP contribution in [-0.4, -0.2) is 58.9 Å². The molecule has 0 saturated carbocycles. The minimum absolute atomic E-state index is 0.273. The number of imidazole rings is 1. The van der Waals surface area contributed by atoms with Crippen LogP contribution in [0, 0.1) is 0 Å². The minimum Gasteiger partial charge on any atom is -0.469 e. The summed E-state index contributed by atoms with van der Waals surface area (Å²) in [5, 5.41) is 3.60. The SMILES string of the molecule is CCOCc1nc2c(N)nc3ccccc3c2n1CC(C)(C)OCCNC(=O)CC(=O)OC. The Morgan fingerprint density at radius 1 is 1.21 bits per heavy atom. The monoisotopic (exact) mass is 457 g/mol. The number of nitrogens with two attached hydrogens (primary N) is 1. The number of rotatable bonds is 11. The Kier molecular flexibility index (Phi) is 7.83. The third kappa shape index (κ3) is 5.96. The molecule has 33 heavy (non-hydrogen) atoms. The van der Waals surface area contributed by atoms with E-state index in [1.54, 1.807) is 0 Å². The van der Waals surface area contributed by atoms with Crippen molar-refractivity contribution in [3.05, 3.63) is 30.1 Å². The van der Waals surface area contributed by atoms with E-state index in [4.69, 9.17) is 20.2 Å². The fourth-order valence-electron chi connectivity index (χ4n) is 3.59. The number of aromatic nitrogens is 3. The predicted molar refractivity (Wildman–Crippen MR) is 124 cm³/mol. The molecule has 0 unspecified atom stereocenters. The number of nitrogens with zero attached hydrogens (tertiary/aromatic N) is 3. The molecule has 1 amide bonds. The number of amides is 1. The van der Waals surface area contributed by atoms with E-state index >= 15 is 0 Å². The van der Waals surface area contributed by atoms with Gasteiger partial charge in [0, 0.05) is 18.5 Å². The van der Waals surface area contributed by atoms with Gasteiger partial charge in [-0.1, -0.05) is 18.2 Å². The third-order valence-corrected chi connectivity index (χ3v) is 5.11. The number of carbonyl (C=O) groups excluding carboxylic acids is 2. The van der Waals surface area contributed by atoms with Crippen LogP contribution in [-0.2, 0) is 37.0 Å². The number of fused-ring (bicyclic) bond motifs is 3. The molecule has 0 aliphatic heterocycles. The zero-order valence-corrected chi connectivity index (χ0v) is 19.5. The minimum atomic E-state index is -0.596. The number of methoxy groups -OCH3 is 1. The van der Waals surface area contributed by atoms with Crippen molar-refractivity contribution in [3.63, 3.8) is 0 Å². The number of carbonyl (C=O) groups is 2. The van der Waals surface area contributed by atoms with E-state index < -0.39 is 17.5 Å². The van der Waals surface area contributed by atoms with Crippen molar-refractivity contribution < 1.29 is 23.8 Å². The van der Waals surface area contributed by atoms with Crippen LogP contribution in [0.5, 0.6) is 0 Å². The van der Waals surface area contributed by atoms with Gasteiger partial charge in [-0.05, 0) is 26.8 Å². The van der Waals surface area contributed by atoms with E-state index in [2.05, 4.69) is 19.6 Å². The maximum absolute atomic E-state index is 11.7. The molecule has 0 aliphatic carbocycles. The van der Waals surface area contributed by atoms with Crippen LogP contribution < -0.4 is 11.1 Å².